The van der Waals surface area contributed by atoms with E-state index in [1.807, 2.05) is 6.08 Å². The molecule has 23 heavy (non-hydrogen) atoms. The Kier molecular flexibility index (Phi) is 6.00. The Balaban J connectivity index is 2.05. The first-order valence-corrected chi connectivity index (χ1v) is 8.64. The molecule has 1 aliphatic heterocycles. The highest BCUT2D eigenvalue weighted by atomic mass is 35.5. The van der Waals surface area contributed by atoms with Crippen LogP contribution in [0.15, 0.2) is 34.7 Å². The molecule has 1 heterocycles. The zero-order chi connectivity index (χ0) is 16.9. The van der Waals surface area contributed by atoms with Gasteiger partial charge in [-0.1, -0.05) is 17.7 Å². The van der Waals surface area contributed by atoms with Crippen molar-refractivity contribution in [1.82, 2.24) is 4.72 Å². The van der Waals surface area contributed by atoms with Gasteiger partial charge in [-0.05, 0) is 30.2 Å². The largest absolute Gasteiger partial charge is 0.480 e. The van der Waals surface area contributed by atoms with Crippen LogP contribution in [-0.2, 0) is 19.6 Å². The second kappa shape index (κ2) is 7.78. The van der Waals surface area contributed by atoms with Gasteiger partial charge in [0.05, 0.1) is 23.1 Å². The average Bonchev–Trinajstić information content (AvgIpc) is 2.52. The standard InChI is InChI=1S/C14H16ClNO6S/c15-12-6-11(3-4-13(12)22-9-14(17)18)23(19,20)16-7-10-2-1-5-21-8-10/h2-4,6,16H,1,5,7-9H2,(H,17,18). The number of nitrogens with one attached hydrogen (secondary N) is 1. The molecule has 0 saturated heterocycles. The molecular weight excluding hydrogens is 346 g/mol. The van der Waals surface area contributed by atoms with E-state index in [0.29, 0.717) is 13.2 Å². The van der Waals surface area contributed by atoms with E-state index in [2.05, 4.69) is 4.72 Å². The Labute approximate surface area is 138 Å². The smallest absolute Gasteiger partial charge is 0.341 e. The predicted molar refractivity (Wildman–Crippen MR) is 83.3 cm³/mol. The van der Waals surface area contributed by atoms with Crippen molar-refractivity contribution < 1.29 is 27.8 Å². The van der Waals surface area contributed by atoms with Crippen LogP contribution in [0.2, 0.25) is 5.02 Å². The van der Waals surface area contributed by atoms with Gasteiger partial charge in [0.1, 0.15) is 5.75 Å². The van der Waals surface area contributed by atoms with E-state index in [1.54, 1.807) is 0 Å². The number of carboxylic acids is 1. The maximum absolute atomic E-state index is 12.2. The van der Waals surface area contributed by atoms with Crippen molar-refractivity contribution in [1.29, 1.82) is 0 Å². The second-order valence-corrected chi connectivity index (χ2v) is 6.98. The van der Waals surface area contributed by atoms with Crippen molar-refractivity contribution in [3.63, 3.8) is 0 Å². The van der Waals surface area contributed by atoms with Crippen LogP contribution in [0.4, 0.5) is 0 Å². The first-order chi connectivity index (χ1) is 10.9. The summed E-state index contributed by atoms with van der Waals surface area (Å²) in [4.78, 5) is 10.4. The normalized spacial score (nSPS) is 15.1. The number of hydrogen-bond donors (Lipinski definition) is 2. The molecule has 1 aromatic carbocycles. The Bertz CT molecular complexity index is 716. The number of ether oxygens (including phenoxy) is 2. The van der Waals surface area contributed by atoms with Gasteiger partial charge in [-0.2, -0.15) is 0 Å². The van der Waals surface area contributed by atoms with Gasteiger partial charge in [0.2, 0.25) is 10.0 Å². The van der Waals surface area contributed by atoms with Crippen molar-refractivity contribution in [2.45, 2.75) is 11.3 Å². The highest BCUT2D eigenvalue weighted by Crippen LogP contribution is 2.27. The lowest BCUT2D eigenvalue weighted by Crippen LogP contribution is -2.28. The molecule has 2 N–H and O–H groups in total. The molecule has 0 fully saturated rings. The molecule has 0 aliphatic carbocycles. The molecule has 0 aromatic heterocycles. The Morgan fingerprint density at radius 1 is 1.43 bits per heavy atom. The van der Waals surface area contributed by atoms with Gasteiger partial charge in [0.15, 0.2) is 6.61 Å². The molecule has 2 rings (SSSR count). The van der Waals surface area contributed by atoms with Crippen LogP contribution in [-0.4, -0.2) is 45.9 Å². The third-order valence-corrected chi connectivity index (χ3v) is 4.73. The molecule has 0 amide bonds. The summed E-state index contributed by atoms with van der Waals surface area (Å²) in [5.41, 5.74) is 0.868. The van der Waals surface area contributed by atoms with Crippen molar-refractivity contribution in [3.8, 4) is 5.75 Å². The molecule has 126 valence electrons. The van der Waals surface area contributed by atoms with Gasteiger partial charge in [-0.3, -0.25) is 0 Å². The minimum absolute atomic E-state index is 0.0225. The Hall–Kier alpha value is -1.61. The van der Waals surface area contributed by atoms with Crippen LogP contribution in [0.5, 0.6) is 5.75 Å². The minimum atomic E-state index is -3.73. The summed E-state index contributed by atoms with van der Waals surface area (Å²) in [5.74, 6) is -1.04. The minimum Gasteiger partial charge on any atom is -0.480 e. The van der Waals surface area contributed by atoms with Gasteiger partial charge >= 0.3 is 5.97 Å². The van der Waals surface area contributed by atoms with E-state index in [4.69, 9.17) is 26.2 Å². The number of sulfonamides is 1. The van der Waals surface area contributed by atoms with Crippen LogP contribution < -0.4 is 9.46 Å². The molecule has 0 atom stereocenters. The summed E-state index contributed by atoms with van der Waals surface area (Å²) in [6, 6.07) is 3.84. The quantitative estimate of drug-likeness (QED) is 0.712. The van der Waals surface area contributed by atoms with Crippen molar-refractivity contribution in [2.75, 3.05) is 26.4 Å². The zero-order valence-electron chi connectivity index (χ0n) is 12.1. The fourth-order valence-corrected chi connectivity index (χ4v) is 3.27. The molecule has 1 aromatic rings. The summed E-state index contributed by atoms with van der Waals surface area (Å²) in [7, 11) is -3.73. The van der Waals surface area contributed by atoms with Gasteiger partial charge in [-0.25, -0.2) is 17.9 Å². The van der Waals surface area contributed by atoms with E-state index in [0.717, 1.165) is 12.0 Å². The van der Waals surface area contributed by atoms with E-state index in [9.17, 15) is 13.2 Å². The fraction of sp³-hybridized carbons (Fsp3) is 0.357. The molecular formula is C14H16ClNO6S. The van der Waals surface area contributed by atoms with Crippen LogP contribution in [0, 0.1) is 0 Å². The summed E-state index contributed by atoms with van der Waals surface area (Å²) in [6.07, 6.45) is 2.71. The molecule has 9 heteroatoms. The molecule has 0 bridgehead atoms. The summed E-state index contributed by atoms with van der Waals surface area (Å²) >= 11 is 5.93. The third-order valence-electron chi connectivity index (χ3n) is 3.04. The Morgan fingerprint density at radius 2 is 2.22 bits per heavy atom. The van der Waals surface area contributed by atoms with E-state index in [-0.39, 0.29) is 22.2 Å². The average molecular weight is 362 g/mol. The lowest BCUT2D eigenvalue weighted by Gasteiger charge is -2.15. The maximum Gasteiger partial charge on any atom is 0.341 e. The second-order valence-electron chi connectivity index (χ2n) is 4.80. The van der Waals surface area contributed by atoms with E-state index in [1.165, 1.54) is 18.2 Å². The zero-order valence-corrected chi connectivity index (χ0v) is 13.7. The number of carbonyl (C=O) groups is 1. The topological polar surface area (TPSA) is 102 Å². The van der Waals surface area contributed by atoms with Gasteiger partial charge in [-0.15, -0.1) is 0 Å². The summed E-state index contributed by atoms with van der Waals surface area (Å²) < 4.78 is 37.1. The van der Waals surface area contributed by atoms with Gasteiger partial charge in [0, 0.05) is 6.54 Å². The number of rotatable bonds is 7. The first-order valence-electron chi connectivity index (χ1n) is 6.78. The number of benzene rings is 1. The predicted octanol–water partition coefficient (Wildman–Crippen LogP) is 1.43. The number of carboxylic acid groups (broad SMARTS) is 1. The van der Waals surface area contributed by atoms with Crippen LogP contribution in [0.25, 0.3) is 0 Å². The first kappa shape index (κ1) is 17.7. The summed E-state index contributed by atoms with van der Waals surface area (Å²) in [6.45, 7) is 0.657. The lowest BCUT2D eigenvalue weighted by atomic mass is 10.2. The SMILES string of the molecule is O=C(O)COc1ccc(S(=O)(=O)NCC2=CCCOC2)cc1Cl. The van der Waals surface area contributed by atoms with E-state index >= 15 is 0 Å². The highest BCUT2D eigenvalue weighted by Gasteiger charge is 2.17. The maximum atomic E-state index is 12.2. The monoisotopic (exact) mass is 361 g/mol. The van der Waals surface area contributed by atoms with Gasteiger partial charge < -0.3 is 14.6 Å². The highest BCUT2D eigenvalue weighted by molar-refractivity contribution is 7.89. The van der Waals surface area contributed by atoms with Crippen LogP contribution >= 0.6 is 11.6 Å². The van der Waals surface area contributed by atoms with Crippen molar-refractivity contribution >= 4 is 27.6 Å². The molecule has 0 unspecified atom stereocenters. The number of hydrogen-bond acceptors (Lipinski definition) is 5. The van der Waals surface area contributed by atoms with Gasteiger partial charge in [0.25, 0.3) is 0 Å². The molecule has 0 saturated carbocycles. The molecule has 0 radical (unpaired) electrons. The Morgan fingerprint density at radius 3 is 2.83 bits per heavy atom. The number of halogens is 1. The number of aliphatic carboxylic acids is 1. The van der Waals surface area contributed by atoms with E-state index < -0.39 is 22.6 Å². The van der Waals surface area contributed by atoms with Crippen molar-refractivity contribution in [3.05, 3.63) is 34.9 Å². The lowest BCUT2D eigenvalue weighted by molar-refractivity contribution is -0.139. The van der Waals surface area contributed by atoms with Crippen molar-refractivity contribution in [2.24, 2.45) is 0 Å². The fourth-order valence-electron chi connectivity index (χ4n) is 1.91. The molecule has 7 nitrogen and oxygen atoms in total. The molecule has 0 spiro atoms. The van der Waals surface area contributed by atoms with Crippen LogP contribution in [0.3, 0.4) is 0 Å². The third kappa shape index (κ3) is 5.21. The van der Waals surface area contributed by atoms with Crippen LogP contribution in [0.1, 0.15) is 6.42 Å². The molecule has 1 aliphatic rings. The summed E-state index contributed by atoms with van der Waals surface area (Å²) in [5, 5.41) is 8.58.